The predicted molar refractivity (Wildman–Crippen MR) is 63.9 cm³/mol. The lowest BCUT2D eigenvalue weighted by atomic mass is 10.2. The fourth-order valence-corrected chi connectivity index (χ4v) is 1.40. The van der Waals surface area contributed by atoms with E-state index in [0.29, 0.717) is 11.3 Å². The van der Waals surface area contributed by atoms with Gasteiger partial charge in [-0.3, -0.25) is 0 Å². The minimum Gasteiger partial charge on any atom is -0.437 e. The first kappa shape index (κ1) is 11.6. The molecule has 0 bridgehead atoms. The van der Waals surface area contributed by atoms with E-state index < -0.39 is 0 Å². The summed E-state index contributed by atoms with van der Waals surface area (Å²) in [5.41, 5.74) is 6.58. The monoisotopic (exact) mass is 251 g/mol. The quantitative estimate of drug-likeness (QED) is 0.816. The second-order valence-corrected chi connectivity index (χ2v) is 3.61. The highest BCUT2D eigenvalue weighted by Gasteiger charge is 2.08. The van der Waals surface area contributed by atoms with Gasteiger partial charge in [-0.05, 0) is 17.7 Å². The van der Waals surface area contributed by atoms with Crippen LogP contribution in [0.25, 0.3) is 0 Å². The molecule has 5 nitrogen and oxygen atoms in total. The third-order valence-electron chi connectivity index (χ3n) is 2.10. The average Bonchev–Trinajstić information content (AvgIpc) is 2.34. The molecule has 1 aromatic heterocycles. The molecule has 88 valence electrons. The summed E-state index contributed by atoms with van der Waals surface area (Å²) in [4.78, 5) is 7.59. The molecule has 1 aromatic carbocycles. The van der Waals surface area contributed by atoms with Crippen molar-refractivity contribution in [1.29, 1.82) is 0 Å². The van der Waals surface area contributed by atoms with Crippen LogP contribution in [0, 0.1) is 0 Å². The highest BCUT2D eigenvalue weighted by molar-refractivity contribution is 6.28. The first-order valence-electron chi connectivity index (χ1n) is 4.85. The molecule has 0 aliphatic rings. The van der Waals surface area contributed by atoms with E-state index in [9.17, 15) is 0 Å². The number of rotatable bonds is 3. The molecule has 0 unspecified atom stereocenters. The van der Waals surface area contributed by atoms with Crippen LogP contribution in [0.3, 0.4) is 0 Å². The van der Waals surface area contributed by atoms with Crippen LogP contribution in [-0.4, -0.2) is 15.1 Å². The molecule has 0 fully saturated rings. The molecule has 0 aliphatic carbocycles. The lowest BCUT2D eigenvalue weighted by molar-refractivity contribution is 0.276. The van der Waals surface area contributed by atoms with Gasteiger partial charge >= 0.3 is 0 Å². The van der Waals surface area contributed by atoms with Gasteiger partial charge in [-0.1, -0.05) is 18.2 Å². The first-order valence-corrected chi connectivity index (χ1v) is 5.23. The molecule has 17 heavy (non-hydrogen) atoms. The van der Waals surface area contributed by atoms with Gasteiger partial charge in [0, 0.05) is 5.56 Å². The van der Waals surface area contributed by atoms with Crippen molar-refractivity contribution in [1.82, 2.24) is 9.97 Å². The molecule has 0 spiro atoms. The Morgan fingerprint density at radius 1 is 1.35 bits per heavy atom. The minimum absolute atomic E-state index is 0.0516. The molecule has 0 radical (unpaired) electrons. The molecule has 0 atom stereocenters. The minimum atomic E-state index is -0.130. The number of ether oxygens (including phenoxy) is 1. The number of hydrogen-bond acceptors (Lipinski definition) is 5. The highest BCUT2D eigenvalue weighted by Crippen LogP contribution is 2.28. The van der Waals surface area contributed by atoms with Gasteiger partial charge in [0.05, 0.1) is 12.8 Å². The Hall–Kier alpha value is -1.85. The molecular weight excluding hydrogens is 242 g/mol. The van der Waals surface area contributed by atoms with Gasteiger partial charge in [0.15, 0.2) is 0 Å². The Kier molecular flexibility index (Phi) is 3.41. The topological polar surface area (TPSA) is 81.3 Å². The maximum atomic E-state index is 9.15. The maximum Gasteiger partial charge on any atom is 0.247 e. The first-order chi connectivity index (χ1) is 8.20. The van der Waals surface area contributed by atoms with Crippen molar-refractivity contribution in [2.24, 2.45) is 0 Å². The fraction of sp³-hybridized carbons (Fsp3) is 0.0909. The van der Waals surface area contributed by atoms with Crippen LogP contribution in [0.2, 0.25) is 5.28 Å². The zero-order valence-corrected chi connectivity index (χ0v) is 9.55. The summed E-state index contributed by atoms with van der Waals surface area (Å²) in [7, 11) is 0. The lowest BCUT2D eigenvalue weighted by Gasteiger charge is -2.09. The third kappa shape index (κ3) is 2.64. The van der Waals surface area contributed by atoms with Crippen LogP contribution in [0.15, 0.2) is 30.5 Å². The van der Waals surface area contributed by atoms with E-state index in [1.165, 1.54) is 6.20 Å². The average molecular weight is 252 g/mol. The number of aliphatic hydroxyl groups is 1. The molecule has 1 heterocycles. The normalized spacial score (nSPS) is 10.2. The number of benzene rings is 1. The Bertz CT molecular complexity index is 534. The second-order valence-electron chi connectivity index (χ2n) is 3.27. The number of aromatic nitrogens is 2. The summed E-state index contributed by atoms with van der Waals surface area (Å²) < 4.78 is 5.49. The maximum absolute atomic E-state index is 9.15. The number of nitrogens with two attached hydrogens (primary N) is 1. The summed E-state index contributed by atoms with van der Waals surface area (Å²) in [6, 6.07) is 7.04. The van der Waals surface area contributed by atoms with E-state index >= 15 is 0 Å². The van der Waals surface area contributed by atoms with Crippen molar-refractivity contribution in [3.05, 3.63) is 41.3 Å². The van der Waals surface area contributed by atoms with Crippen LogP contribution < -0.4 is 10.5 Å². The summed E-state index contributed by atoms with van der Waals surface area (Å²) >= 11 is 5.65. The molecule has 2 aromatic rings. The van der Waals surface area contributed by atoms with E-state index in [0.717, 1.165) is 0 Å². The molecule has 0 aliphatic heterocycles. The molecule has 2 rings (SSSR count). The van der Waals surface area contributed by atoms with E-state index in [-0.39, 0.29) is 23.5 Å². The molecule has 6 heteroatoms. The number of nitrogen functional groups attached to an aromatic ring is 1. The highest BCUT2D eigenvalue weighted by atomic mass is 35.5. The van der Waals surface area contributed by atoms with Gasteiger partial charge in [-0.2, -0.15) is 4.98 Å². The number of aliphatic hydroxyl groups excluding tert-OH is 1. The van der Waals surface area contributed by atoms with Gasteiger partial charge in [-0.25, -0.2) is 4.98 Å². The van der Waals surface area contributed by atoms with Crippen molar-refractivity contribution in [3.8, 4) is 11.6 Å². The third-order valence-corrected chi connectivity index (χ3v) is 2.28. The molecule has 0 saturated carbocycles. The van der Waals surface area contributed by atoms with E-state index in [4.69, 9.17) is 27.2 Å². The molecule has 0 saturated heterocycles. The predicted octanol–water partition coefficient (Wildman–Crippen LogP) is 2.00. The standard InChI is InChI=1S/C11H10ClN3O2/c12-11-14-5-8(13)10(15-11)17-9-4-2-1-3-7(9)6-16/h1-5,16H,6,13H2. The summed E-state index contributed by atoms with van der Waals surface area (Å²) in [5, 5.41) is 9.20. The van der Waals surface area contributed by atoms with Crippen molar-refractivity contribution in [3.63, 3.8) is 0 Å². The van der Waals surface area contributed by atoms with E-state index in [2.05, 4.69) is 9.97 Å². The van der Waals surface area contributed by atoms with Gasteiger partial charge in [0.2, 0.25) is 11.2 Å². The van der Waals surface area contributed by atoms with Gasteiger partial charge in [0.25, 0.3) is 0 Å². The second kappa shape index (κ2) is 4.99. The van der Waals surface area contributed by atoms with Gasteiger partial charge in [-0.15, -0.1) is 0 Å². The zero-order valence-electron chi connectivity index (χ0n) is 8.80. The molecule has 0 amide bonds. The Morgan fingerprint density at radius 3 is 2.88 bits per heavy atom. The van der Waals surface area contributed by atoms with Crippen LogP contribution >= 0.6 is 11.6 Å². The van der Waals surface area contributed by atoms with Crippen molar-refractivity contribution in [2.75, 3.05) is 5.73 Å². The zero-order chi connectivity index (χ0) is 12.3. The van der Waals surface area contributed by atoms with E-state index in [1.54, 1.807) is 24.3 Å². The number of para-hydroxylation sites is 1. The SMILES string of the molecule is Nc1cnc(Cl)nc1Oc1ccccc1CO. The Morgan fingerprint density at radius 2 is 2.12 bits per heavy atom. The summed E-state index contributed by atoms with van der Waals surface area (Å²) in [6.45, 7) is -0.130. The number of halogens is 1. The Balaban J connectivity index is 2.34. The van der Waals surface area contributed by atoms with E-state index in [1.807, 2.05) is 0 Å². The fourth-order valence-electron chi connectivity index (χ4n) is 1.28. The van der Waals surface area contributed by atoms with Crippen molar-refractivity contribution < 1.29 is 9.84 Å². The van der Waals surface area contributed by atoms with Crippen molar-refractivity contribution in [2.45, 2.75) is 6.61 Å². The Labute approximate surface area is 103 Å². The number of anilines is 1. The summed E-state index contributed by atoms with van der Waals surface area (Å²) in [5.74, 6) is 0.655. The molecular formula is C11H10ClN3O2. The number of hydrogen-bond donors (Lipinski definition) is 2. The smallest absolute Gasteiger partial charge is 0.247 e. The van der Waals surface area contributed by atoms with Crippen LogP contribution in [0.5, 0.6) is 11.6 Å². The summed E-state index contributed by atoms with van der Waals surface area (Å²) in [6.07, 6.45) is 1.37. The van der Waals surface area contributed by atoms with Crippen LogP contribution in [0.1, 0.15) is 5.56 Å². The number of nitrogens with zero attached hydrogens (tertiary/aromatic N) is 2. The van der Waals surface area contributed by atoms with Crippen molar-refractivity contribution >= 4 is 17.3 Å². The van der Waals surface area contributed by atoms with Crippen LogP contribution in [0.4, 0.5) is 5.69 Å². The van der Waals surface area contributed by atoms with Gasteiger partial charge in [0.1, 0.15) is 11.4 Å². The lowest BCUT2D eigenvalue weighted by Crippen LogP contribution is -1.98. The largest absolute Gasteiger partial charge is 0.437 e. The van der Waals surface area contributed by atoms with Crippen LogP contribution in [-0.2, 0) is 6.61 Å². The van der Waals surface area contributed by atoms with Gasteiger partial charge < -0.3 is 15.6 Å². The molecule has 3 N–H and O–H groups in total.